The lowest BCUT2D eigenvalue weighted by atomic mass is 9.77. The molecule has 0 heterocycles. The molecule has 0 aromatic heterocycles. The van der Waals surface area contributed by atoms with Crippen LogP contribution in [0.25, 0.3) is 22.3 Å². The van der Waals surface area contributed by atoms with Crippen LogP contribution in [0.5, 0.6) is 0 Å². The van der Waals surface area contributed by atoms with Crippen molar-refractivity contribution >= 4 is 12.2 Å². The second kappa shape index (κ2) is 15.6. The first-order valence-corrected chi connectivity index (χ1v) is 16.1. The fourth-order valence-corrected chi connectivity index (χ4v) is 6.74. The lowest BCUT2D eigenvalue weighted by Gasteiger charge is -2.29. The summed E-state index contributed by atoms with van der Waals surface area (Å²) in [5.74, 6) is 1.73. The third-order valence-corrected chi connectivity index (χ3v) is 9.26. The van der Waals surface area contributed by atoms with Gasteiger partial charge in [-0.2, -0.15) is 0 Å². The second-order valence-corrected chi connectivity index (χ2v) is 12.6. The van der Waals surface area contributed by atoms with Gasteiger partial charge >= 0.3 is 0 Å². The maximum absolute atomic E-state index is 5.12. The molecule has 0 aliphatic heterocycles. The van der Waals surface area contributed by atoms with Gasteiger partial charge in [-0.15, -0.1) is 0 Å². The van der Waals surface area contributed by atoms with Crippen molar-refractivity contribution in [3.05, 3.63) is 83.4 Å². The van der Waals surface area contributed by atoms with Crippen LogP contribution in [0.15, 0.2) is 66.7 Å². The summed E-state index contributed by atoms with van der Waals surface area (Å²) in [7, 11) is 3.79. The molecule has 3 aromatic carbocycles. The first kappa shape index (κ1) is 29.9. The zero-order valence-corrected chi connectivity index (χ0v) is 25.6. The van der Waals surface area contributed by atoms with E-state index in [0.29, 0.717) is 0 Å². The van der Waals surface area contributed by atoms with Crippen LogP contribution in [-0.4, -0.2) is 25.0 Å². The molecule has 0 bridgehead atoms. The Morgan fingerprint density at radius 1 is 0.795 bits per heavy atom. The minimum Gasteiger partial charge on any atom is -0.304 e. The highest BCUT2D eigenvalue weighted by molar-refractivity contribution is 7.92. The number of aryl methyl sites for hydroxylation is 2. The normalized spacial score (nSPS) is 17.6. The quantitative estimate of drug-likeness (QED) is 0.114. The summed E-state index contributed by atoms with van der Waals surface area (Å²) in [6.45, 7) is 5.60. The third kappa shape index (κ3) is 8.71. The highest BCUT2D eigenvalue weighted by atomic mass is 32.2. The topological polar surface area (TPSA) is 12.5 Å². The number of hydrogen-bond donors (Lipinski definition) is 0. The van der Waals surface area contributed by atoms with Crippen molar-refractivity contribution in [2.75, 3.05) is 20.7 Å². The fraction of sp³-hybridized carbons (Fsp3) is 0.500. The van der Waals surface area contributed by atoms with Crippen molar-refractivity contribution in [2.45, 2.75) is 90.4 Å². The van der Waals surface area contributed by atoms with Crippen LogP contribution >= 0.6 is 12.2 Å². The number of benzene rings is 3. The summed E-state index contributed by atoms with van der Waals surface area (Å²) in [6.07, 6.45) is 14.4. The van der Waals surface area contributed by atoms with Crippen molar-refractivity contribution in [3.63, 3.8) is 0 Å². The zero-order valence-electron chi connectivity index (χ0n) is 24.8. The molecule has 0 N–H and O–H groups in total. The van der Waals surface area contributed by atoms with Gasteiger partial charge in [-0.1, -0.05) is 106 Å². The van der Waals surface area contributed by atoms with Crippen LogP contribution in [0.3, 0.4) is 0 Å². The molecular formula is C36H49NOS. The predicted molar refractivity (Wildman–Crippen MR) is 171 cm³/mol. The Bertz CT molecular complexity index is 1120. The minimum absolute atomic E-state index is 0.753. The van der Waals surface area contributed by atoms with Gasteiger partial charge in [-0.05, 0) is 103 Å². The molecular weight excluding hydrogens is 494 g/mol. The van der Waals surface area contributed by atoms with Crippen molar-refractivity contribution in [1.29, 1.82) is 0 Å². The maximum atomic E-state index is 5.12. The van der Waals surface area contributed by atoms with E-state index in [1.807, 2.05) is 0 Å². The monoisotopic (exact) mass is 543 g/mol. The molecule has 39 heavy (non-hydrogen) atoms. The Hall–Kier alpha value is -2.07. The highest BCUT2D eigenvalue weighted by Crippen LogP contribution is 2.38. The molecule has 210 valence electrons. The van der Waals surface area contributed by atoms with E-state index in [1.54, 1.807) is 12.7 Å². The fourth-order valence-electron chi connectivity index (χ4n) is 6.28. The van der Waals surface area contributed by atoms with Gasteiger partial charge in [0, 0.05) is 6.54 Å². The zero-order chi connectivity index (χ0) is 27.5. The summed E-state index contributed by atoms with van der Waals surface area (Å²) >= 11 is 1.41. The molecule has 3 heteroatoms. The SMILES string of the molecule is CCCCCC1CCC(c2ccc(-c3ccc(-c4ccc(CCCN(C)SOC)cc4)c(CC)c3)cc2)CC1. The molecule has 1 aliphatic carbocycles. The van der Waals surface area contributed by atoms with Gasteiger partial charge in [0.25, 0.3) is 0 Å². The van der Waals surface area contributed by atoms with Gasteiger partial charge in [0.15, 0.2) is 0 Å². The molecule has 1 fully saturated rings. The lowest BCUT2D eigenvalue weighted by Crippen LogP contribution is -2.13. The Kier molecular flexibility index (Phi) is 12.0. The van der Waals surface area contributed by atoms with E-state index >= 15 is 0 Å². The van der Waals surface area contributed by atoms with E-state index in [1.165, 1.54) is 97.0 Å². The van der Waals surface area contributed by atoms with Crippen LogP contribution < -0.4 is 0 Å². The van der Waals surface area contributed by atoms with Crippen molar-refractivity contribution < 1.29 is 4.18 Å². The van der Waals surface area contributed by atoms with Crippen LogP contribution in [0.4, 0.5) is 0 Å². The Morgan fingerprint density at radius 2 is 1.49 bits per heavy atom. The van der Waals surface area contributed by atoms with Crippen molar-refractivity contribution in [2.24, 2.45) is 5.92 Å². The Labute approximate surface area is 242 Å². The van der Waals surface area contributed by atoms with Gasteiger partial charge < -0.3 is 4.18 Å². The van der Waals surface area contributed by atoms with Crippen molar-refractivity contribution in [3.8, 4) is 22.3 Å². The smallest absolute Gasteiger partial charge is 0.0813 e. The maximum Gasteiger partial charge on any atom is 0.0813 e. The van der Waals surface area contributed by atoms with Gasteiger partial charge in [0.2, 0.25) is 0 Å². The largest absolute Gasteiger partial charge is 0.304 e. The first-order valence-electron chi connectivity index (χ1n) is 15.4. The Morgan fingerprint density at radius 3 is 2.15 bits per heavy atom. The highest BCUT2D eigenvalue weighted by Gasteiger charge is 2.22. The summed E-state index contributed by atoms with van der Waals surface area (Å²) in [6, 6.07) is 25.7. The van der Waals surface area contributed by atoms with E-state index in [0.717, 1.165) is 37.6 Å². The minimum atomic E-state index is 0.753. The molecule has 2 nitrogen and oxygen atoms in total. The summed E-state index contributed by atoms with van der Waals surface area (Å²) in [5, 5.41) is 0. The molecule has 1 aliphatic rings. The van der Waals surface area contributed by atoms with Gasteiger partial charge in [0.1, 0.15) is 0 Å². The average Bonchev–Trinajstić information content (AvgIpc) is 2.98. The van der Waals surface area contributed by atoms with Crippen LogP contribution in [0.2, 0.25) is 0 Å². The summed E-state index contributed by atoms with van der Waals surface area (Å²) < 4.78 is 7.25. The number of unbranched alkanes of at least 4 members (excludes halogenated alkanes) is 2. The van der Waals surface area contributed by atoms with Crippen LogP contribution in [0, 0.1) is 5.92 Å². The van der Waals surface area contributed by atoms with E-state index in [4.69, 9.17) is 4.18 Å². The molecule has 0 spiro atoms. The second-order valence-electron chi connectivity index (χ2n) is 11.5. The van der Waals surface area contributed by atoms with Crippen LogP contribution in [0.1, 0.15) is 94.2 Å². The molecule has 0 atom stereocenters. The lowest BCUT2D eigenvalue weighted by molar-refractivity contribution is 0.303. The molecule has 0 saturated heterocycles. The molecule has 0 radical (unpaired) electrons. The molecule has 3 aromatic rings. The average molecular weight is 544 g/mol. The molecule has 1 saturated carbocycles. The number of rotatable bonds is 14. The van der Waals surface area contributed by atoms with Gasteiger partial charge in [0.05, 0.1) is 19.3 Å². The van der Waals surface area contributed by atoms with Crippen LogP contribution in [-0.2, 0) is 17.0 Å². The third-order valence-electron chi connectivity index (χ3n) is 8.67. The van der Waals surface area contributed by atoms with E-state index < -0.39 is 0 Å². The molecule has 4 rings (SSSR count). The van der Waals surface area contributed by atoms with E-state index in [-0.39, 0.29) is 0 Å². The summed E-state index contributed by atoms with van der Waals surface area (Å²) in [4.78, 5) is 0. The van der Waals surface area contributed by atoms with Crippen molar-refractivity contribution in [1.82, 2.24) is 4.31 Å². The van der Waals surface area contributed by atoms with Gasteiger partial charge in [-0.3, -0.25) is 0 Å². The summed E-state index contributed by atoms with van der Waals surface area (Å²) in [5.41, 5.74) is 9.70. The number of nitrogens with zero attached hydrogens (tertiary/aromatic N) is 1. The standard InChI is InChI=1S/C36H49NOS/c1-5-7-8-10-28-12-16-31(17-13-28)32-20-22-33(23-21-32)35-24-25-36(30(6-2)27-35)34-18-14-29(15-19-34)11-9-26-37(3)39-38-4/h14-15,18-25,27-28,31H,5-13,16-17,26H2,1-4H3. The predicted octanol–water partition coefficient (Wildman–Crippen LogP) is 10.5. The molecule has 0 amide bonds. The van der Waals surface area contributed by atoms with E-state index in [9.17, 15) is 0 Å². The Balaban J connectivity index is 1.36. The molecule has 0 unspecified atom stereocenters. The number of hydrogen-bond acceptors (Lipinski definition) is 3. The van der Waals surface area contributed by atoms with Gasteiger partial charge in [-0.25, -0.2) is 4.31 Å². The first-order chi connectivity index (χ1) is 19.1. The van der Waals surface area contributed by atoms with E-state index in [2.05, 4.69) is 91.9 Å².